The van der Waals surface area contributed by atoms with E-state index in [1.807, 2.05) is 0 Å². The van der Waals surface area contributed by atoms with Gasteiger partial charge in [-0.15, -0.1) is 0 Å². The van der Waals surface area contributed by atoms with Gasteiger partial charge in [-0.3, -0.25) is 14.1 Å². The zero-order valence-corrected chi connectivity index (χ0v) is 31.7. The number of unbranched alkanes of at least 4 members (excludes halogenated alkanes) is 15. The zero-order chi connectivity index (χ0) is 35.8. The number of epoxide rings is 1. The van der Waals surface area contributed by atoms with E-state index in [4.69, 9.17) is 24.0 Å². The smallest absolute Gasteiger partial charge is 0.462 e. The van der Waals surface area contributed by atoms with Gasteiger partial charge in [0.05, 0.1) is 18.8 Å². The highest BCUT2D eigenvalue weighted by atomic mass is 31.2. The van der Waals surface area contributed by atoms with E-state index in [1.165, 1.54) is 83.5 Å². The molecule has 1 heterocycles. The Kier molecular flexibility index (Phi) is 28.6. The Morgan fingerprint density at radius 3 is 1.80 bits per heavy atom. The second-order valence-electron chi connectivity index (χ2n) is 13.3. The third-order valence-corrected chi connectivity index (χ3v) is 9.07. The number of hydrogen-bond donors (Lipinski definition) is 2. The van der Waals surface area contributed by atoms with E-state index in [-0.39, 0.29) is 31.7 Å². The van der Waals surface area contributed by atoms with Crippen molar-refractivity contribution in [1.82, 2.24) is 0 Å². The Morgan fingerprint density at radius 1 is 0.653 bits per heavy atom. The molecule has 3 atom stereocenters. The largest absolute Gasteiger partial charge is 0.469 e. The fourth-order valence-corrected chi connectivity index (χ4v) is 5.94. The summed E-state index contributed by atoms with van der Waals surface area (Å²) >= 11 is 0. The van der Waals surface area contributed by atoms with Crippen molar-refractivity contribution < 1.29 is 42.7 Å². The van der Waals surface area contributed by atoms with Crippen molar-refractivity contribution in [2.75, 3.05) is 13.2 Å². The molecule has 0 saturated carbocycles. The van der Waals surface area contributed by atoms with Crippen LogP contribution in [0.4, 0.5) is 0 Å². The van der Waals surface area contributed by atoms with Crippen LogP contribution in [-0.4, -0.2) is 53.3 Å². The molecule has 1 rings (SSSR count). The number of carbonyl (C=O) groups excluding carboxylic acids is 2. The fraction of sp³-hybridized carbons (Fsp3) is 0.795. The summed E-state index contributed by atoms with van der Waals surface area (Å²) in [6.07, 6.45) is 37.4. The number of rotatable bonds is 34. The molecule has 284 valence electrons. The van der Waals surface area contributed by atoms with Crippen molar-refractivity contribution in [2.24, 2.45) is 0 Å². The lowest BCUT2D eigenvalue weighted by Crippen LogP contribution is -2.29. The minimum atomic E-state index is -4.77. The summed E-state index contributed by atoms with van der Waals surface area (Å²) < 4.78 is 32.0. The molecule has 1 aliphatic rings. The molecule has 1 fully saturated rings. The molecular formula is C39H69O9P. The van der Waals surface area contributed by atoms with E-state index >= 15 is 0 Å². The molecule has 9 nitrogen and oxygen atoms in total. The molecule has 2 N–H and O–H groups in total. The fourth-order valence-electron chi connectivity index (χ4n) is 5.58. The number of phosphoric ester groups is 1. The Hall–Kier alpha value is -1.77. The molecule has 0 aliphatic carbocycles. The molecule has 0 radical (unpaired) electrons. The van der Waals surface area contributed by atoms with Gasteiger partial charge in [-0.25, -0.2) is 4.57 Å². The maximum atomic E-state index is 12.4. The lowest BCUT2D eigenvalue weighted by molar-refractivity contribution is -0.161. The second kappa shape index (κ2) is 31.0. The van der Waals surface area contributed by atoms with Gasteiger partial charge in [0.25, 0.3) is 0 Å². The minimum absolute atomic E-state index is 0.140. The maximum Gasteiger partial charge on any atom is 0.469 e. The van der Waals surface area contributed by atoms with Crippen LogP contribution in [0.15, 0.2) is 36.5 Å². The maximum absolute atomic E-state index is 12.4. The van der Waals surface area contributed by atoms with Crippen LogP contribution in [0, 0.1) is 0 Å². The van der Waals surface area contributed by atoms with E-state index in [2.05, 4.69) is 54.8 Å². The van der Waals surface area contributed by atoms with Crippen LogP contribution in [0.5, 0.6) is 0 Å². The first-order valence-corrected chi connectivity index (χ1v) is 20.9. The highest BCUT2D eigenvalue weighted by molar-refractivity contribution is 7.46. The highest BCUT2D eigenvalue weighted by Gasteiger charge is 2.36. The summed E-state index contributed by atoms with van der Waals surface area (Å²) in [6, 6.07) is 0. The Bertz CT molecular complexity index is 958. The number of carbonyl (C=O) groups is 2. The molecule has 0 aromatic carbocycles. The molecule has 1 saturated heterocycles. The van der Waals surface area contributed by atoms with E-state index in [0.717, 1.165) is 44.9 Å². The standard InChI is InChI=1S/C39H69O9P/c1-3-5-7-9-11-13-15-17-19-21-23-25-27-31-39(41)47-35(34-46-49(42,43)44)33-45-38(40)32-28-30-37-36(48-37)29-26-24-22-20-18-16-14-12-10-8-6-4-2/h12,14,18,20,24,26,35-37H,3-11,13,15-17,19,21-23,25,27-34H2,1-2H3,(H2,42,43,44)/b14-12-,20-18-,26-24-/t35-,36?,37?/m1/s1. The van der Waals surface area contributed by atoms with E-state index in [9.17, 15) is 14.2 Å². The normalized spacial score (nSPS) is 17.0. The predicted octanol–water partition coefficient (Wildman–Crippen LogP) is 10.4. The first-order valence-electron chi connectivity index (χ1n) is 19.4. The molecule has 1 aliphatic heterocycles. The van der Waals surface area contributed by atoms with Crippen LogP contribution in [0.2, 0.25) is 0 Å². The highest BCUT2D eigenvalue weighted by Crippen LogP contribution is 2.36. The zero-order valence-electron chi connectivity index (χ0n) is 30.8. The average molecular weight is 713 g/mol. The summed E-state index contributed by atoms with van der Waals surface area (Å²) in [5, 5.41) is 0. The van der Waals surface area contributed by atoms with E-state index in [1.54, 1.807) is 0 Å². The molecule has 0 spiro atoms. The van der Waals surface area contributed by atoms with Gasteiger partial charge in [-0.2, -0.15) is 0 Å². The first kappa shape index (κ1) is 45.3. The lowest BCUT2D eigenvalue weighted by atomic mass is 10.0. The van der Waals surface area contributed by atoms with Crippen LogP contribution in [0.1, 0.15) is 168 Å². The number of ether oxygens (including phenoxy) is 3. The third-order valence-electron chi connectivity index (χ3n) is 8.59. The van der Waals surface area contributed by atoms with Crippen LogP contribution in [-0.2, 0) is 32.9 Å². The monoisotopic (exact) mass is 712 g/mol. The molecule has 0 aromatic heterocycles. The van der Waals surface area contributed by atoms with Crippen molar-refractivity contribution in [2.45, 2.75) is 186 Å². The van der Waals surface area contributed by atoms with Gasteiger partial charge in [0.15, 0.2) is 6.10 Å². The summed E-state index contributed by atoms with van der Waals surface area (Å²) in [5.74, 6) is -0.959. The van der Waals surface area contributed by atoms with Gasteiger partial charge >= 0.3 is 19.8 Å². The van der Waals surface area contributed by atoms with Crippen molar-refractivity contribution in [3.63, 3.8) is 0 Å². The van der Waals surface area contributed by atoms with Gasteiger partial charge < -0.3 is 24.0 Å². The molecule has 0 aromatic rings. The first-order chi connectivity index (χ1) is 23.7. The second-order valence-corrected chi connectivity index (χ2v) is 14.5. The Morgan fingerprint density at radius 2 is 1.18 bits per heavy atom. The Labute approximate surface area is 297 Å². The number of hydrogen-bond acceptors (Lipinski definition) is 7. The number of phosphoric acid groups is 1. The lowest BCUT2D eigenvalue weighted by Gasteiger charge is -2.18. The van der Waals surface area contributed by atoms with Gasteiger partial charge in [0.1, 0.15) is 6.61 Å². The summed E-state index contributed by atoms with van der Waals surface area (Å²) in [5.41, 5.74) is 0. The predicted molar refractivity (Wildman–Crippen MR) is 197 cm³/mol. The van der Waals surface area contributed by atoms with Crippen LogP contribution in [0.3, 0.4) is 0 Å². The van der Waals surface area contributed by atoms with Crippen LogP contribution >= 0.6 is 7.82 Å². The van der Waals surface area contributed by atoms with Gasteiger partial charge in [0, 0.05) is 12.8 Å². The topological polar surface area (TPSA) is 132 Å². The van der Waals surface area contributed by atoms with Crippen molar-refractivity contribution in [3.8, 4) is 0 Å². The minimum Gasteiger partial charge on any atom is -0.462 e. The number of allylic oxidation sites excluding steroid dienone is 5. The number of esters is 2. The molecule has 10 heteroatoms. The molecule has 2 unspecified atom stereocenters. The van der Waals surface area contributed by atoms with Gasteiger partial charge in [-0.1, -0.05) is 140 Å². The average Bonchev–Trinajstić information content (AvgIpc) is 3.82. The van der Waals surface area contributed by atoms with E-state index < -0.39 is 32.5 Å². The Balaban J connectivity index is 2.14. The van der Waals surface area contributed by atoms with Crippen molar-refractivity contribution in [3.05, 3.63) is 36.5 Å². The third kappa shape index (κ3) is 30.8. The summed E-state index contributed by atoms with van der Waals surface area (Å²) in [6.45, 7) is 3.58. The molecule has 49 heavy (non-hydrogen) atoms. The molecule has 0 amide bonds. The molecular weight excluding hydrogens is 643 g/mol. The summed E-state index contributed by atoms with van der Waals surface area (Å²) in [7, 11) is -4.77. The quantitative estimate of drug-likeness (QED) is 0.0220. The van der Waals surface area contributed by atoms with Crippen molar-refractivity contribution in [1.29, 1.82) is 0 Å². The van der Waals surface area contributed by atoms with Crippen LogP contribution in [0.25, 0.3) is 0 Å². The summed E-state index contributed by atoms with van der Waals surface area (Å²) in [4.78, 5) is 42.8. The van der Waals surface area contributed by atoms with Gasteiger partial charge in [0.2, 0.25) is 0 Å². The molecule has 0 bridgehead atoms. The SMILES string of the molecule is CCCCC/C=C\C/C=C\C/C=C\CC1OC1CCCC(=O)OC[C@H](COP(=O)(O)O)OC(=O)CCCCCCCCCCCCCCC. The van der Waals surface area contributed by atoms with E-state index in [0.29, 0.717) is 12.8 Å². The van der Waals surface area contributed by atoms with Crippen LogP contribution < -0.4 is 0 Å². The van der Waals surface area contributed by atoms with Crippen molar-refractivity contribution >= 4 is 19.8 Å². The van der Waals surface area contributed by atoms with Gasteiger partial charge in [-0.05, 0) is 51.4 Å².